The van der Waals surface area contributed by atoms with E-state index in [2.05, 4.69) is 11.5 Å². The van der Waals surface area contributed by atoms with Crippen molar-refractivity contribution in [2.45, 2.75) is 41.2 Å². The number of aromatic nitrogens is 1. The molecule has 16 heavy (non-hydrogen) atoms. The molecule has 0 unspecified atom stereocenters. The molecule has 1 aromatic heterocycles. The van der Waals surface area contributed by atoms with E-state index in [0.29, 0.717) is 0 Å². The van der Waals surface area contributed by atoms with E-state index in [1.54, 1.807) is 6.07 Å². The zero-order chi connectivity index (χ0) is 12.6. The lowest BCUT2D eigenvalue weighted by Crippen LogP contribution is -1.89. The Morgan fingerprint density at radius 1 is 1.06 bits per heavy atom. The van der Waals surface area contributed by atoms with Gasteiger partial charge in [0.2, 0.25) is 0 Å². The van der Waals surface area contributed by atoms with Gasteiger partial charge in [-0.05, 0) is 31.2 Å². The van der Waals surface area contributed by atoms with Crippen molar-refractivity contribution < 1.29 is 4.39 Å². The Hall–Kier alpha value is -1.31. The number of halogens is 1. The summed E-state index contributed by atoms with van der Waals surface area (Å²) in [6.07, 6.45) is 1.98. The van der Waals surface area contributed by atoms with Crippen LogP contribution < -0.4 is 0 Å². The van der Waals surface area contributed by atoms with Crippen molar-refractivity contribution in [2.75, 3.05) is 0 Å². The van der Waals surface area contributed by atoms with Crippen LogP contribution in [0.4, 0.5) is 4.39 Å². The number of hydrogen-bond donors (Lipinski definition) is 0. The van der Waals surface area contributed by atoms with Crippen LogP contribution in [-0.4, -0.2) is 4.57 Å². The molecule has 0 aliphatic carbocycles. The average Bonchev–Trinajstić information content (AvgIpc) is 2.76. The Kier molecular flexibility index (Phi) is 7.27. The highest BCUT2D eigenvalue weighted by Crippen LogP contribution is 2.16. The lowest BCUT2D eigenvalue weighted by Gasteiger charge is -1.98. The van der Waals surface area contributed by atoms with Crippen molar-refractivity contribution in [1.82, 2.24) is 4.57 Å². The first kappa shape index (κ1) is 14.7. The Labute approximate surface area is 97.9 Å². The molecule has 0 atom stereocenters. The summed E-state index contributed by atoms with van der Waals surface area (Å²) in [7, 11) is 0. The molecule has 0 bridgehead atoms. The molecule has 0 radical (unpaired) electrons. The topological polar surface area (TPSA) is 4.93 Å². The largest absolute Gasteiger partial charge is 0.348 e. The van der Waals surface area contributed by atoms with E-state index in [1.165, 1.54) is 6.07 Å². The SMILES string of the molecule is CC.CC.CCn1ccc2cc(F)ccc21. The summed E-state index contributed by atoms with van der Waals surface area (Å²) in [6, 6.07) is 6.80. The van der Waals surface area contributed by atoms with E-state index in [4.69, 9.17) is 0 Å². The number of hydrogen-bond acceptors (Lipinski definition) is 0. The second-order valence-corrected chi connectivity index (χ2v) is 2.80. The highest BCUT2D eigenvalue weighted by atomic mass is 19.1. The maximum atomic E-state index is 12.7. The Morgan fingerprint density at radius 2 is 1.69 bits per heavy atom. The Bertz CT molecular complexity index is 404. The number of fused-ring (bicyclic) bond motifs is 1. The van der Waals surface area contributed by atoms with Crippen LogP contribution >= 0.6 is 0 Å². The molecule has 0 saturated carbocycles. The highest BCUT2D eigenvalue weighted by molar-refractivity contribution is 5.80. The van der Waals surface area contributed by atoms with E-state index in [9.17, 15) is 4.39 Å². The lowest BCUT2D eigenvalue weighted by atomic mass is 10.2. The molecule has 1 heterocycles. The van der Waals surface area contributed by atoms with Gasteiger partial charge in [0, 0.05) is 23.6 Å². The van der Waals surface area contributed by atoms with Gasteiger partial charge in [-0.25, -0.2) is 4.39 Å². The van der Waals surface area contributed by atoms with Gasteiger partial charge in [0.15, 0.2) is 0 Å². The van der Waals surface area contributed by atoms with E-state index >= 15 is 0 Å². The fraction of sp³-hybridized carbons (Fsp3) is 0.429. The predicted octanol–water partition coefficient (Wildman–Crippen LogP) is 4.85. The summed E-state index contributed by atoms with van der Waals surface area (Å²) in [6.45, 7) is 11.0. The first-order valence-corrected chi connectivity index (χ1v) is 6.05. The summed E-state index contributed by atoms with van der Waals surface area (Å²) in [5.41, 5.74) is 1.10. The van der Waals surface area contributed by atoms with Crippen molar-refractivity contribution in [3.63, 3.8) is 0 Å². The maximum Gasteiger partial charge on any atom is 0.123 e. The van der Waals surface area contributed by atoms with Crippen molar-refractivity contribution in [1.29, 1.82) is 0 Å². The molecule has 0 fully saturated rings. The predicted molar refractivity (Wildman–Crippen MR) is 70.3 cm³/mol. The van der Waals surface area contributed by atoms with Gasteiger partial charge in [-0.15, -0.1) is 0 Å². The minimum absolute atomic E-state index is 0.170. The third kappa shape index (κ3) is 3.37. The molecule has 2 aromatic rings. The second kappa shape index (κ2) is 7.91. The second-order valence-electron chi connectivity index (χ2n) is 2.80. The van der Waals surface area contributed by atoms with Crippen LogP contribution in [0.5, 0.6) is 0 Å². The van der Waals surface area contributed by atoms with Crippen molar-refractivity contribution >= 4 is 10.9 Å². The normalized spacial score (nSPS) is 8.88. The fourth-order valence-electron chi connectivity index (χ4n) is 1.45. The molecule has 0 spiro atoms. The molecule has 0 aliphatic rings. The molecule has 0 N–H and O–H groups in total. The molecule has 2 rings (SSSR count). The Morgan fingerprint density at radius 3 is 2.25 bits per heavy atom. The zero-order valence-corrected chi connectivity index (χ0v) is 10.9. The van der Waals surface area contributed by atoms with Crippen molar-refractivity contribution in [3.05, 3.63) is 36.3 Å². The minimum atomic E-state index is -0.170. The first-order valence-electron chi connectivity index (χ1n) is 6.05. The minimum Gasteiger partial charge on any atom is -0.348 e. The molecule has 0 saturated heterocycles. The summed E-state index contributed by atoms with van der Waals surface area (Å²) in [5, 5.41) is 0.969. The molecular weight excluding hydrogens is 201 g/mol. The molecule has 90 valence electrons. The fourth-order valence-corrected chi connectivity index (χ4v) is 1.45. The van der Waals surface area contributed by atoms with E-state index in [0.717, 1.165) is 17.4 Å². The summed E-state index contributed by atoms with van der Waals surface area (Å²) >= 11 is 0. The van der Waals surface area contributed by atoms with Crippen LogP contribution in [0.2, 0.25) is 0 Å². The van der Waals surface area contributed by atoms with E-state index in [1.807, 2.05) is 46.0 Å². The van der Waals surface area contributed by atoms with Gasteiger partial charge in [-0.1, -0.05) is 27.7 Å². The molecule has 0 aliphatic heterocycles. The van der Waals surface area contributed by atoms with Gasteiger partial charge in [0.25, 0.3) is 0 Å². The van der Waals surface area contributed by atoms with Gasteiger partial charge < -0.3 is 4.57 Å². The van der Waals surface area contributed by atoms with Crippen LogP contribution in [-0.2, 0) is 6.54 Å². The van der Waals surface area contributed by atoms with Gasteiger partial charge in [0.05, 0.1) is 0 Å². The van der Waals surface area contributed by atoms with Crippen LogP contribution in [0, 0.1) is 5.82 Å². The molecule has 1 nitrogen and oxygen atoms in total. The first-order chi connectivity index (χ1) is 7.81. The van der Waals surface area contributed by atoms with Crippen molar-refractivity contribution in [2.24, 2.45) is 0 Å². The van der Waals surface area contributed by atoms with Crippen LogP contribution in [0.1, 0.15) is 34.6 Å². The smallest absolute Gasteiger partial charge is 0.123 e. The standard InChI is InChI=1S/C10H10FN.2C2H6/c1-2-12-6-5-8-7-9(11)3-4-10(8)12;2*1-2/h3-7H,2H2,1H3;2*1-2H3. The van der Waals surface area contributed by atoms with Crippen molar-refractivity contribution in [3.8, 4) is 0 Å². The summed E-state index contributed by atoms with van der Waals surface area (Å²) in [5.74, 6) is -0.170. The summed E-state index contributed by atoms with van der Waals surface area (Å²) in [4.78, 5) is 0. The number of nitrogens with zero attached hydrogens (tertiary/aromatic N) is 1. The van der Waals surface area contributed by atoms with Gasteiger partial charge in [-0.3, -0.25) is 0 Å². The quantitative estimate of drug-likeness (QED) is 0.651. The monoisotopic (exact) mass is 223 g/mol. The molecule has 0 amide bonds. The van der Waals surface area contributed by atoms with Crippen LogP contribution in [0.25, 0.3) is 10.9 Å². The zero-order valence-electron chi connectivity index (χ0n) is 10.9. The number of rotatable bonds is 1. The van der Waals surface area contributed by atoms with Gasteiger partial charge >= 0.3 is 0 Å². The van der Waals surface area contributed by atoms with Crippen LogP contribution in [0.3, 0.4) is 0 Å². The van der Waals surface area contributed by atoms with E-state index in [-0.39, 0.29) is 5.82 Å². The third-order valence-corrected chi connectivity index (χ3v) is 2.07. The Balaban J connectivity index is 0.000000509. The lowest BCUT2D eigenvalue weighted by molar-refractivity contribution is 0.629. The average molecular weight is 223 g/mol. The van der Waals surface area contributed by atoms with Gasteiger partial charge in [0.1, 0.15) is 5.82 Å². The number of aryl methyl sites for hydroxylation is 1. The highest BCUT2D eigenvalue weighted by Gasteiger charge is 1.99. The molecule has 2 heteroatoms. The molecular formula is C14H22FN. The number of benzene rings is 1. The maximum absolute atomic E-state index is 12.7. The van der Waals surface area contributed by atoms with Gasteiger partial charge in [-0.2, -0.15) is 0 Å². The van der Waals surface area contributed by atoms with Crippen LogP contribution in [0.15, 0.2) is 30.5 Å². The van der Waals surface area contributed by atoms with E-state index < -0.39 is 0 Å². The summed E-state index contributed by atoms with van der Waals surface area (Å²) < 4.78 is 14.8. The third-order valence-electron chi connectivity index (χ3n) is 2.07. The molecule has 1 aromatic carbocycles.